The molecule has 0 spiro atoms. The third-order valence-corrected chi connectivity index (χ3v) is 6.16. The van der Waals surface area contributed by atoms with Crippen LogP contribution in [-0.2, 0) is 14.3 Å². The van der Waals surface area contributed by atoms with Gasteiger partial charge in [0.15, 0.2) is 12.1 Å². The van der Waals surface area contributed by atoms with Crippen LogP contribution in [0.2, 0.25) is 0 Å². The molecule has 1 amide bonds. The highest BCUT2D eigenvalue weighted by Gasteiger charge is 2.45. The Bertz CT molecular complexity index is 1150. The van der Waals surface area contributed by atoms with Crippen molar-refractivity contribution >= 4 is 33.9 Å². The van der Waals surface area contributed by atoms with E-state index in [1.165, 1.54) is 0 Å². The second-order valence-electron chi connectivity index (χ2n) is 8.12. The lowest BCUT2D eigenvalue weighted by atomic mass is 9.96. The Morgan fingerprint density at radius 2 is 1.76 bits per heavy atom. The molecule has 1 heterocycles. The maximum Gasteiger partial charge on any atom is 0.331 e. The van der Waals surface area contributed by atoms with Gasteiger partial charge in [-0.1, -0.05) is 18.2 Å². The van der Waals surface area contributed by atoms with Gasteiger partial charge in [0.25, 0.3) is 5.91 Å². The molecule has 180 valence electrons. The molecule has 0 aromatic heterocycles. The number of nitriles is 1. The number of hydrogen-bond donors (Lipinski definition) is 4. The van der Waals surface area contributed by atoms with Gasteiger partial charge in [-0.25, -0.2) is 4.79 Å². The average Bonchev–Trinajstić information content (AvgIpc) is 2.84. The normalized spacial score (nSPS) is 23.0. The second kappa shape index (κ2) is 10.7. The first-order valence-corrected chi connectivity index (χ1v) is 11.1. The number of fused-ring (bicyclic) bond motifs is 1. The van der Waals surface area contributed by atoms with E-state index in [0.29, 0.717) is 11.1 Å². The van der Waals surface area contributed by atoms with E-state index in [4.69, 9.17) is 9.84 Å². The third-order valence-electron chi connectivity index (χ3n) is 6.16. The van der Waals surface area contributed by atoms with Crippen LogP contribution in [0.5, 0.6) is 0 Å². The summed E-state index contributed by atoms with van der Waals surface area (Å²) in [7, 11) is 0. The highest BCUT2D eigenvalue weighted by Crippen LogP contribution is 2.27. The molecule has 34 heavy (non-hydrogen) atoms. The second-order valence-corrected chi connectivity index (χ2v) is 8.12. The van der Waals surface area contributed by atoms with Gasteiger partial charge in [0, 0.05) is 18.8 Å². The molecule has 1 saturated heterocycles. The molecule has 9 heteroatoms. The van der Waals surface area contributed by atoms with E-state index in [1.807, 2.05) is 36.4 Å². The van der Waals surface area contributed by atoms with Crippen molar-refractivity contribution in [3.05, 3.63) is 47.5 Å². The number of cyclic esters (lactones) is 1. The van der Waals surface area contributed by atoms with Crippen molar-refractivity contribution in [2.45, 2.75) is 45.1 Å². The molecule has 1 aliphatic rings. The number of aliphatic hydroxyl groups excluding tert-OH is 3. The fourth-order valence-corrected chi connectivity index (χ4v) is 4.05. The molecule has 0 radical (unpaired) electrons. The molecule has 3 rings (SSSR count). The van der Waals surface area contributed by atoms with Crippen LogP contribution in [0.1, 0.15) is 26.3 Å². The predicted octanol–water partition coefficient (Wildman–Crippen LogP) is 1.11. The maximum absolute atomic E-state index is 12.8. The minimum absolute atomic E-state index is 0.238. The quantitative estimate of drug-likeness (QED) is 0.269. The maximum atomic E-state index is 12.8. The van der Waals surface area contributed by atoms with Gasteiger partial charge in [-0.3, -0.25) is 4.79 Å². The number of ether oxygens (including phenoxy) is 1. The Morgan fingerprint density at radius 1 is 1.12 bits per heavy atom. The van der Waals surface area contributed by atoms with Crippen molar-refractivity contribution in [1.29, 1.82) is 5.26 Å². The van der Waals surface area contributed by atoms with Crippen molar-refractivity contribution in [2.24, 2.45) is 0 Å². The van der Waals surface area contributed by atoms with E-state index in [0.717, 1.165) is 29.5 Å². The minimum Gasteiger partial charge on any atom is -0.455 e. The molecular weight excluding hydrogens is 438 g/mol. The number of hydrogen-bond acceptors (Lipinski definition) is 8. The van der Waals surface area contributed by atoms with Gasteiger partial charge in [-0.05, 0) is 60.9 Å². The summed E-state index contributed by atoms with van der Waals surface area (Å²) < 4.78 is 4.86. The van der Waals surface area contributed by atoms with Crippen LogP contribution in [0.15, 0.2) is 42.0 Å². The SMILES string of the molecule is CCN(CC)c1ccc2cc(/C(C)=C(\C#N)C(=O)N[C@H]3C(=O)O[C@H](CO)C(O)[C@@H]3O)ccc2c1. The summed E-state index contributed by atoms with van der Waals surface area (Å²) in [4.78, 5) is 27.2. The van der Waals surface area contributed by atoms with Gasteiger partial charge < -0.3 is 30.3 Å². The van der Waals surface area contributed by atoms with E-state index in [1.54, 1.807) is 6.92 Å². The van der Waals surface area contributed by atoms with Gasteiger partial charge in [0.2, 0.25) is 0 Å². The average molecular weight is 468 g/mol. The molecule has 2 aromatic carbocycles. The number of esters is 1. The molecule has 9 nitrogen and oxygen atoms in total. The van der Waals surface area contributed by atoms with Crippen LogP contribution >= 0.6 is 0 Å². The Morgan fingerprint density at radius 3 is 2.38 bits per heavy atom. The molecule has 1 unspecified atom stereocenters. The monoisotopic (exact) mass is 467 g/mol. The summed E-state index contributed by atoms with van der Waals surface area (Å²) in [6.07, 6.45) is -4.56. The summed E-state index contributed by atoms with van der Waals surface area (Å²) in [6, 6.07) is 12.0. The van der Waals surface area contributed by atoms with E-state index >= 15 is 0 Å². The van der Waals surface area contributed by atoms with Gasteiger partial charge in [-0.15, -0.1) is 0 Å². The van der Waals surface area contributed by atoms with Crippen molar-refractivity contribution in [3.63, 3.8) is 0 Å². The molecular formula is C25H29N3O6. The Kier molecular flexibility index (Phi) is 7.89. The highest BCUT2D eigenvalue weighted by molar-refractivity contribution is 6.06. The molecule has 1 fully saturated rings. The zero-order chi connectivity index (χ0) is 25.0. The van der Waals surface area contributed by atoms with Crippen LogP contribution in [0.3, 0.4) is 0 Å². The smallest absolute Gasteiger partial charge is 0.331 e. The van der Waals surface area contributed by atoms with Gasteiger partial charge >= 0.3 is 5.97 Å². The standard InChI is InChI=1S/C25H29N3O6/c1-4-28(5-2)18-9-8-16-10-15(6-7-17(16)11-18)14(3)19(12-26)24(32)27-21-23(31)22(30)20(13-29)34-25(21)33/h6-11,20-23,29-31H,4-5,13H2,1-3H3,(H,27,32)/b19-14+/t20-,21-,22?,23-/m1/s1. The number of amides is 1. The summed E-state index contributed by atoms with van der Waals surface area (Å²) in [5.74, 6) is -1.89. The number of nitrogens with zero attached hydrogens (tertiary/aromatic N) is 2. The lowest BCUT2D eigenvalue weighted by molar-refractivity contribution is -0.189. The number of aliphatic hydroxyl groups is 3. The molecule has 4 N–H and O–H groups in total. The first-order chi connectivity index (χ1) is 16.2. The number of nitrogens with one attached hydrogen (secondary N) is 1. The molecule has 0 aliphatic carbocycles. The number of benzene rings is 2. The van der Waals surface area contributed by atoms with Crippen LogP contribution in [0.4, 0.5) is 5.69 Å². The van der Waals surface area contributed by atoms with Crippen molar-refractivity contribution in [1.82, 2.24) is 5.32 Å². The summed E-state index contributed by atoms with van der Waals surface area (Å²) in [5.41, 5.74) is 1.92. The minimum atomic E-state index is -1.69. The van der Waals surface area contributed by atoms with E-state index < -0.39 is 42.8 Å². The van der Waals surface area contributed by atoms with Gasteiger partial charge in [0.05, 0.1) is 6.61 Å². The first kappa shape index (κ1) is 25.2. The van der Waals surface area contributed by atoms with Gasteiger partial charge in [0.1, 0.15) is 23.9 Å². The lowest BCUT2D eigenvalue weighted by Crippen LogP contribution is -2.62. The Labute approximate surface area is 197 Å². The van der Waals surface area contributed by atoms with Crippen LogP contribution < -0.4 is 10.2 Å². The number of carbonyl (C=O) groups excluding carboxylic acids is 2. The number of carbonyl (C=O) groups is 2. The molecule has 0 saturated carbocycles. The molecule has 0 bridgehead atoms. The summed E-state index contributed by atoms with van der Waals surface area (Å²) in [5, 5.41) is 43.2. The fourth-order valence-electron chi connectivity index (χ4n) is 4.05. The molecule has 1 aliphatic heterocycles. The van der Waals surface area contributed by atoms with Gasteiger partial charge in [-0.2, -0.15) is 5.26 Å². The van der Waals surface area contributed by atoms with Crippen LogP contribution in [0, 0.1) is 11.3 Å². The van der Waals surface area contributed by atoms with Crippen LogP contribution in [0.25, 0.3) is 16.3 Å². The first-order valence-electron chi connectivity index (χ1n) is 11.1. The topological polar surface area (TPSA) is 143 Å². The van der Waals surface area contributed by atoms with Crippen molar-refractivity contribution in [2.75, 3.05) is 24.6 Å². The highest BCUT2D eigenvalue weighted by atomic mass is 16.6. The van der Waals surface area contributed by atoms with E-state index in [9.17, 15) is 25.1 Å². The lowest BCUT2D eigenvalue weighted by Gasteiger charge is -2.35. The fraction of sp³-hybridized carbons (Fsp3) is 0.400. The third kappa shape index (κ3) is 4.89. The molecule has 2 aromatic rings. The van der Waals surface area contributed by atoms with Crippen LogP contribution in [-0.4, -0.2) is 71.2 Å². The molecule has 4 atom stereocenters. The zero-order valence-electron chi connectivity index (χ0n) is 19.4. The summed E-state index contributed by atoms with van der Waals surface area (Å²) >= 11 is 0. The van der Waals surface area contributed by atoms with E-state index in [-0.39, 0.29) is 5.57 Å². The predicted molar refractivity (Wildman–Crippen MR) is 127 cm³/mol. The summed E-state index contributed by atoms with van der Waals surface area (Å²) in [6.45, 7) is 6.92. The Balaban J connectivity index is 1.87. The zero-order valence-corrected chi connectivity index (χ0v) is 19.4. The largest absolute Gasteiger partial charge is 0.455 e. The van der Waals surface area contributed by atoms with Crippen molar-refractivity contribution in [3.8, 4) is 6.07 Å². The number of rotatable bonds is 7. The Hall–Kier alpha value is -3.45. The van der Waals surface area contributed by atoms with Crippen molar-refractivity contribution < 1.29 is 29.6 Å². The van der Waals surface area contributed by atoms with E-state index in [2.05, 4.69) is 30.1 Å². The number of anilines is 1. The number of allylic oxidation sites excluding steroid dienone is 1.